The van der Waals surface area contributed by atoms with Crippen LogP contribution in [0.5, 0.6) is 0 Å². The largest absolute Gasteiger partial charge is 0.296 e. The number of fused-ring (bicyclic) bond motifs is 1. The Morgan fingerprint density at radius 2 is 2.50 bits per heavy atom. The van der Waals surface area contributed by atoms with Gasteiger partial charge in [-0.15, -0.1) is 0 Å². The van der Waals surface area contributed by atoms with Gasteiger partial charge in [-0.05, 0) is 12.8 Å². The zero-order valence-electron chi connectivity index (χ0n) is 7.16. The molecule has 0 N–H and O–H groups in total. The normalized spacial score (nSPS) is 21.9. The van der Waals surface area contributed by atoms with Crippen LogP contribution >= 0.6 is 0 Å². The molecule has 1 atom stereocenters. The first kappa shape index (κ1) is 7.53. The first-order chi connectivity index (χ1) is 5.79. The van der Waals surface area contributed by atoms with Crippen LogP contribution in [0.25, 0.3) is 0 Å². The lowest BCUT2D eigenvalue weighted by Crippen LogP contribution is -2.28. The molecule has 1 aliphatic heterocycles. The van der Waals surface area contributed by atoms with Crippen molar-refractivity contribution in [1.82, 2.24) is 9.55 Å². The average molecular weight is 164 g/mol. The minimum Gasteiger partial charge on any atom is -0.296 e. The molecule has 0 aliphatic carbocycles. The van der Waals surface area contributed by atoms with Gasteiger partial charge in [0, 0.05) is 24.7 Å². The summed E-state index contributed by atoms with van der Waals surface area (Å²) in [5.41, 5.74) is 0.0894. The summed E-state index contributed by atoms with van der Waals surface area (Å²) in [7, 11) is 0. The summed E-state index contributed by atoms with van der Waals surface area (Å²) in [5, 5.41) is 0. The summed E-state index contributed by atoms with van der Waals surface area (Å²) in [6, 6.07) is 1.53. The van der Waals surface area contributed by atoms with E-state index >= 15 is 0 Å². The fourth-order valence-electron chi connectivity index (χ4n) is 1.75. The molecule has 1 aromatic rings. The van der Waals surface area contributed by atoms with E-state index in [0.29, 0.717) is 5.92 Å². The van der Waals surface area contributed by atoms with Gasteiger partial charge in [-0.3, -0.25) is 9.36 Å². The van der Waals surface area contributed by atoms with Crippen LogP contribution < -0.4 is 5.56 Å². The second-order valence-corrected chi connectivity index (χ2v) is 3.34. The van der Waals surface area contributed by atoms with Crippen molar-refractivity contribution in [2.45, 2.75) is 32.2 Å². The van der Waals surface area contributed by atoms with Crippen LogP contribution in [-0.2, 0) is 6.54 Å². The lowest BCUT2D eigenvalue weighted by atomic mass is 10.0. The highest BCUT2D eigenvalue weighted by atomic mass is 16.1. The van der Waals surface area contributed by atoms with Gasteiger partial charge in [-0.25, -0.2) is 4.98 Å². The van der Waals surface area contributed by atoms with E-state index in [1.54, 1.807) is 10.8 Å². The molecule has 3 heteroatoms. The molecule has 64 valence electrons. The van der Waals surface area contributed by atoms with Gasteiger partial charge in [0.15, 0.2) is 0 Å². The van der Waals surface area contributed by atoms with Crippen molar-refractivity contribution in [3.63, 3.8) is 0 Å². The number of nitrogens with zero attached hydrogens (tertiary/aromatic N) is 2. The van der Waals surface area contributed by atoms with Gasteiger partial charge in [-0.1, -0.05) is 6.92 Å². The van der Waals surface area contributed by atoms with E-state index in [1.165, 1.54) is 6.07 Å². The smallest absolute Gasteiger partial charge is 0.253 e. The van der Waals surface area contributed by atoms with Crippen LogP contribution in [0.3, 0.4) is 0 Å². The quantitative estimate of drug-likeness (QED) is 0.576. The van der Waals surface area contributed by atoms with Crippen LogP contribution in [0.15, 0.2) is 17.1 Å². The molecule has 0 aromatic carbocycles. The van der Waals surface area contributed by atoms with E-state index in [0.717, 1.165) is 25.2 Å². The van der Waals surface area contributed by atoms with E-state index in [9.17, 15) is 4.79 Å². The summed E-state index contributed by atoms with van der Waals surface area (Å²) >= 11 is 0. The molecule has 2 heterocycles. The minimum absolute atomic E-state index is 0.0894. The average Bonchev–Trinajstić information content (AvgIpc) is 2.07. The van der Waals surface area contributed by atoms with Crippen LogP contribution in [0.2, 0.25) is 0 Å². The second-order valence-electron chi connectivity index (χ2n) is 3.34. The van der Waals surface area contributed by atoms with E-state index < -0.39 is 0 Å². The Hall–Kier alpha value is -1.12. The van der Waals surface area contributed by atoms with Crippen molar-refractivity contribution in [2.24, 2.45) is 0 Å². The monoisotopic (exact) mass is 164 g/mol. The van der Waals surface area contributed by atoms with Crippen molar-refractivity contribution in [1.29, 1.82) is 0 Å². The van der Waals surface area contributed by atoms with Gasteiger partial charge in [0.05, 0.1) is 0 Å². The summed E-state index contributed by atoms with van der Waals surface area (Å²) in [6.45, 7) is 2.96. The SMILES string of the molecule is C[C@@H]1CCCn2c1nccc2=O. The molecule has 0 saturated heterocycles. The molecule has 3 nitrogen and oxygen atoms in total. The molecule has 0 amide bonds. The Kier molecular flexibility index (Phi) is 1.71. The Morgan fingerprint density at radius 1 is 1.67 bits per heavy atom. The van der Waals surface area contributed by atoms with Crippen LogP contribution in [0.1, 0.15) is 31.5 Å². The van der Waals surface area contributed by atoms with Gasteiger partial charge in [0.25, 0.3) is 5.56 Å². The van der Waals surface area contributed by atoms with Gasteiger partial charge in [0.2, 0.25) is 0 Å². The summed E-state index contributed by atoms with van der Waals surface area (Å²) in [6.07, 6.45) is 3.85. The van der Waals surface area contributed by atoms with Gasteiger partial charge in [0.1, 0.15) is 5.82 Å². The van der Waals surface area contributed by atoms with Crippen LogP contribution in [0.4, 0.5) is 0 Å². The Balaban J connectivity index is 2.59. The lowest BCUT2D eigenvalue weighted by Gasteiger charge is -2.21. The Labute approximate surface area is 71.1 Å². The molecule has 0 fully saturated rings. The predicted molar refractivity (Wildman–Crippen MR) is 46.1 cm³/mol. The number of aromatic nitrogens is 2. The Bertz CT molecular complexity index is 343. The molecule has 1 aliphatic rings. The topological polar surface area (TPSA) is 34.9 Å². The fourth-order valence-corrected chi connectivity index (χ4v) is 1.75. The standard InChI is InChI=1S/C9H12N2O/c1-7-3-2-6-11-8(12)4-5-10-9(7)11/h4-5,7H,2-3,6H2,1H3/t7-/m1/s1. The van der Waals surface area contributed by atoms with Crippen LogP contribution in [0, 0.1) is 0 Å². The van der Waals surface area contributed by atoms with Crippen molar-refractivity contribution in [3.8, 4) is 0 Å². The first-order valence-electron chi connectivity index (χ1n) is 4.35. The van der Waals surface area contributed by atoms with Crippen molar-refractivity contribution >= 4 is 0 Å². The summed E-state index contributed by atoms with van der Waals surface area (Å²) in [5.74, 6) is 1.39. The van der Waals surface area contributed by atoms with Gasteiger partial charge >= 0.3 is 0 Å². The minimum atomic E-state index is 0.0894. The van der Waals surface area contributed by atoms with E-state index in [1.807, 2.05) is 0 Å². The lowest BCUT2D eigenvalue weighted by molar-refractivity contribution is 0.442. The predicted octanol–water partition coefficient (Wildman–Crippen LogP) is 1.14. The Morgan fingerprint density at radius 3 is 3.25 bits per heavy atom. The summed E-state index contributed by atoms with van der Waals surface area (Å²) < 4.78 is 1.79. The number of hydrogen-bond donors (Lipinski definition) is 0. The van der Waals surface area contributed by atoms with Gasteiger partial charge < -0.3 is 0 Å². The third-order valence-electron chi connectivity index (χ3n) is 2.43. The maximum atomic E-state index is 11.3. The molecule has 0 radical (unpaired) electrons. The highest BCUT2D eigenvalue weighted by molar-refractivity contribution is 5.01. The zero-order valence-corrected chi connectivity index (χ0v) is 7.16. The molecular formula is C9H12N2O. The molecule has 0 spiro atoms. The molecule has 2 rings (SSSR count). The third kappa shape index (κ3) is 1.05. The molecular weight excluding hydrogens is 152 g/mol. The number of rotatable bonds is 0. The third-order valence-corrected chi connectivity index (χ3v) is 2.43. The zero-order chi connectivity index (χ0) is 8.55. The fraction of sp³-hybridized carbons (Fsp3) is 0.556. The maximum absolute atomic E-state index is 11.3. The van der Waals surface area contributed by atoms with E-state index in [-0.39, 0.29) is 5.56 Å². The molecule has 1 aromatic heterocycles. The number of hydrogen-bond acceptors (Lipinski definition) is 2. The van der Waals surface area contributed by atoms with Crippen molar-refractivity contribution < 1.29 is 0 Å². The summed E-state index contributed by atoms with van der Waals surface area (Å²) in [4.78, 5) is 15.6. The van der Waals surface area contributed by atoms with Gasteiger partial charge in [-0.2, -0.15) is 0 Å². The van der Waals surface area contributed by atoms with Crippen molar-refractivity contribution in [3.05, 3.63) is 28.4 Å². The van der Waals surface area contributed by atoms with E-state index in [2.05, 4.69) is 11.9 Å². The molecule has 0 saturated carbocycles. The molecule has 0 bridgehead atoms. The molecule has 0 unspecified atom stereocenters. The van der Waals surface area contributed by atoms with Crippen molar-refractivity contribution in [2.75, 3.05) is 0 Å². The van der Waals surface area contributed by atoms with Crippen LogP contribution in [-0.4, -0.2) is 9.55 Å². The maximum Gasteiger partial charge on any atom is 0.253 e. The highest BCUT2D eigenvalue weighted by Gasteiger charge is 2.17. The highest BCUT2D eigenvalue weighted by Crippen LogP contribution is 2.22. The van der Waals surface area contributed by atoms with E-state index in [4.69, 9.17) is 0 Å². The second kappa shape index (κ2) is 2.73. The molecule has 12 heavy (non-hydrogen) atoms. The first-order valence-corrected chi connectivity index (χ1v) is 4.35.